The van der Waals surface area contributed by atoms with Crippen LogP contribution in [0, 0.1) is 0 Å². The zero-order chi connectivity index (χ0) is 10.5. The van der Waals surface area contributed by atoms with Crippen LogP contribution in [-0.2, 0) is 16.1 Å². The predicted molar refractivity (Wildman–Crippen MR) is 57.3 cm³/mol. The summed E-state index contributed by atoms with van der Waals surface area (Å²) in [6.07, 6.45) is 1.49. The Labute approximate surface area is 89.4 Å². The van der Waals surface area contributed by atoms with Crippen molar-refractivity contribution in [3.05, 3.63) is 35.9 Å². The highest BCUT2D eigenvalue weighted by Gasteiger charge is 2.18. The molecule has 1 unspecified atom stereocenters. The number of nitrogens with one attached hydrogen (secondary N) is 1. The third kappa shape index (κ3) is 3.06. The second kappa shape index (κ2) is 4.94. The molecule has 1 atom stereocenters. The smallest absolute Gasteiger partial charge is 0.222 e. The van der Waals surface area contributed by atoms with Crippen LogP contribution in [0.4, 0.5) is 0 Å². The van der Waals surface area contributed by atoms with Gasteiger partial charge >= 0.3 is 0 Å². The number of rotatable bonds is 3. The van der Waals surface area contributed by atoms with Crippen LogP contribution in [0.2, 0.25) is 0 Å². The Morgan fingerprint density at radius 1 is 1.33 bits per heavy atom. The van der Waals surface area contributed by atoms with Crippen LogP contribution in [0.15, 0.2) is 30.3 Å². The topological polar surface area (TPSA) is 38.3 Å². The van der Waals surface area contributed by atoms with Crippen molar-refractivity contribution in [2.24, 2.45) is 0 Å². The van der Waals surface area contributed by atoms with E-state index in [0.717, 1.165) is 18.5 Å². The van der Waals surface area contributed by atoms with Crippen LogP contribution in [0.5, 0.6) is 0 Å². The fraction of sp³-hybridized carbons (Fsp3) is 0.417. The van der Waals surface area contributed by atoms with Crippen LogP contribution in [0.25, 0.3) is 0 Å². The third-order valence-corrected chi connectivity index (χ3v) is 2.53. The Bertz CT molecular complexity index is 324. The van der Waals surface area contributed by atoms with E-state index in [9.17, 15) is 4.79 Å². The van der Waals surface area contributed by atoms with Crippen molar-refractivity contribution in [1.82, 2.24) is 5.32 Å². The summed E-state index contributed by atoms with van der Waals surface area (Å²) in [5.41, 5.74) is 1.16. The number of ether oxygens (including phenoxy) is 1. The molecule has 1 N–H and O–H groups in total. The van der Waals surface area contributed by atoms with Crippen molar-refractivity contribution in [1.29, 1.82) is 0 Å². The van der Waals surface area contributed by atoms with Crippen LogP contribution in [-0.4, -0.2) is 18.6 Å². The molecule has 1 aromatic carbocycles. The Kier molecular flexibility index (Phi) is 3.35. The molecule has 0 spiro atoms. The first-order valence-corrected chi connectivity index (χ1v) is 5.27. The Morgan fingerprint density at radius 3 is 2.87 bits per heavy atom. The number of hydrogen-bond acceptors (Lipinski definition) is 2. The number of amides is 1. The molecule has 80 valence electrons. The lowest BCUT2D eigenvalue weighted by Gasteiger charge is -2.22. The molecule has 0 aromatic heterocycles. The molecule has 2 rings (SSSR count). The first-order chi connectivity index (χ1) is 7.34. The van der Waals surface area contributed by atoms with Gasteiger partial charge in [-0.2, -0.15) is 0 Å². The molecule has 3 nitrogen and oxygen atoms in total. The summed E-state index contributed by atoms with van der Waals surface area (Å²) in [6.45, 7) is 1.33. The summed E-state index contributed by atoms with van der Waals surface area (Å²) < 4.78 is 5.68. The van der Waals surface area contributed by atoms with E-state index in [4.69, 9.17) is 4.74 Å². The van der Waals surface area contributed by atoms with Gasteiger partial charge in [-0.15, -0.1) is 0 Å². The van der Waals surface area contributed by atoms with Gasteiger partial charge in [0.2, 0.25) is 5.91 Å². The van der Waals surface area contributed by atoms with E-state index >= 15 is 0 Å². The van der Waals surface area contributed by atoms with E-state index in [1.54, 1.807) is 0 Å². The van der Waals surface area contributed by atoms with Gasteiger partial charge in [0, 0.05) is 6.54 Å². The monoisotopic (exact) mass is 205 g/mol. The molecule has 1 fully saturated rings. The molecule has 3 heteroatoms. The number of carbonyl (C=O) groups excluding carboxylic acids is 1. The molecule has 0 bridgehead atoms. The number of piperidine rings is 1. The summed E-state index contributed by atoms with van der Waals surface area (Å²) in [6, 6.07) is 10.0. The minimum atomic E-state index is 0.0824. The Balaban J connectivity index is 1.80. The van der Waals surface area contributed by atoms with Crippen molar-refractivity contribution in [2.45, 2.75) is 25.6 Å². The van der Waals surface area contributed by atoms with Gasteiger partial charge in [0.1, 0.15) is 0 Å². The zero-order valence-electron chi connectivity index (χ0n) is 8.61. The van der Waals surface area contributed by atoms with Gasteiger partial charge in [0.15, 0.2) is 0 Å². The van der Waals surface area contributed by atoms with Gasteiger partial charge in [-0.05, 0) is 12.0 Å². The van der Waals surface area contributed by atoms with E-state index in [0.29, 0.717) is 13.0 Å². The highest BCUT2D eigenvalue weighted by Crippen LogP contribution is 2.11. The summed E-state index contributed by atoms with van der Waals surface area (Å²) in [5.74, 6) is 0.0966. The maximum Gasteiger partial charge on any atom is 0.222 e. The molecule has 1 heterocycles. The maximum atomic E-state index is 11.1. The lowest BCUT2D eigenvalue weighted by atomic mass is 10.1. The van der Waals surface area contributed by atoms with Crippen LogP contribution in [0.1, 0.15) is 18.4 Å². The first-order valence-electron chi connectivity index (χ1n) is 5.27. The van der Waals surface area contributed by atoms with Crippen molar-refractivity contribution < 1.29 is 9.53 Å². The van der Waals surface area contributed by atoms with E-state index in [-0.39, 0.29) is 12.0 Å². The van der Waals surface area contributed by atoms with Crippen molar-refractivity contribution in [3.63, 3.8) is 0 Å². The average Bonchev–Trinajstić information content (AvgIpc) is 2.28. The Morgan fingerprint density at radius 2 is 2.13 bits per heavy atom. The fourth-order valence-corrected chi connectivity index (χ4v) is 1.68. The average molecular weight is 205 g/mol. The number of benzene rings is 1. The second-order valence-corrected chi connectivity index (χ2v) is 3.76. The minimum Gasteiger partial charge on any atom is -0.373 e. The molecule has 1 amide bonds. The van der Waals surface area contributed by atoms with Crippen LogP contribution < -0.4 is 5.32 Å². The molecule has 1 saturated heterocycles. The standard InChI is InChI=1S/C12H15NO2/c14-12-8-11(6-7-13-12)15-9-10-4-2-1-3-5-10/h1-5,11H,6-9H2,(H,13,14). The highest BCUT2D eigenvalue weighted by atomic mass is 16.5. The Hall–Kier alpha value is -1.35. The molecule has 1 aromatic rings. The number of carbonyl (C=O) groups is 1. The van der Waals surface area contributed by atoms with Crippen molar-refractivity contribution >= 4 is 5.91 Å². The molecular weight excluding hydrogens is 190 g/mol. The lowest BCUT2D eigenvalue weighted by molar-refractivity contribution is -0.126. The summed E-state index contributed by atoms with van der Waals surface area (Å²) in [5, 5.41) is 2.79. The maximum absolute atomic E-state index is 11.1. The molecule has 0 radical (unpaired) electrons. The summed E-state index contributed by atoms with van der Waals surface area (Å²) in [4.78, 5) is 11.1. The largest absolute Gasteiger partial charge is 0.373 e. The highest BCUT2D eigenvalue weighted by molar-refractivity contribution is 5.77. The van der Waals surface area contributed by atoms with Crippen molar-refractivity contribution in [3.8, 4) is 0 Å². The van der Waals surface area contributed by atoms with Gasteiger partial charge in [0.05, 0.1) is 19.1 Å². The molecular formula is C12H15NO2. The van der Waals surface area contributed by atoms with E-state index in [1.165, 1.54) is 0 Å². The van der Waals surface area contributed by atoms with Crippen LogP contribution in [0.3, 0.4) is 0 Å². The van der Waals surface area contributed by atoms with Crippen LogP contribution >= 0.6 is 0 Å². The van der Waals surface area contributed by atoms with Gasteiger partial charge in [0.25, 0.3) is 0 Å². The zero-order valence-corrected chi connectivity index (χ0v) is 8.61. The SMILES string of the molecule is O=C1CC(OCc2ccccc2)CCN1. The number of hydrogen-bond donors (Lipinski definition) is 1. The molecule has 15 heavy (non-hydrogen) atoms. The molecule has 0 saturated carbocycles. The van der Waals surface area contributed by atoms with Gasteiger partial charge in [-0.25, -0.2) is 0 Å². The van der Waals surface area contributed by atoms with Gasteiger partial charge < -0.3 is 10.1 Å². The van der Waals surface area contributed by atoms with E-state index in [1.807, 2.05) is 30.3 Å². The second-order valence-electron chi connectivity index (χ2n) is 3.76. The summed E-state index contributed by atoms with van der Waals surface area (Å²) in [7, 11) is 0. The molecule has 1 aliphatic rings. The van der Waals surface area contributed by atoms with Gasteiger partial charge in [-0.3, -0.25) is 4.79 Å². The van der Waals surface area contributed by atoms with E-state index in [2.05, 4.69) is 5.32 Å². The van der Waals surface area contributed by atoms with Gasteiger partial charge in [-0.1, -0.05) is 30.3 Å². The normalized spacial score (nSPS) is 21.1. The lowest BCUT2D eigenvalue weighted by Crippen LogP contribution is -2.37. The summed E-state index contributed by atoms with van der Waals surface area (Å²) >= 11 is 0. The fourth-order valence-electron chi connectivity index (χ4n) is 1.68. The van der Waals surface area contributed by atoms with Crippen molar-refractivity contribution in [2.75, 3.05) is 6.54 Å². The van der Waals surface area contributed by atoms with E-state index < -0.39 is 0 Å². The first kappa shape index (κ1) is 10.2. The molecule has 1 aliphatic heterocycles. The third-order valence-electron chi connectivity index (χ3n) is 2.53. The quantitative estimate of drug-likeness (QED) is 0.811. The molecule has 0 aliphatic carbocycles. The minimum absolute atomic E-state index is 0.0824. The predicted octanol–water partition coefficient (Wildman–Crippen LogP) is 1.48.